The highest BCUT2D eigenvalue weighted by Crippen LogP contribution is 2.20. The number of benzene rings is 1. The van der Waals surface area contributed by atoms with Crippen molar-refractivity contribution in [1.29, 1.82) is 0 Å². The van der Waals surface area contributed by atoms with Crippen LogP contribution >= 0.6 is 0 Å². The molecule has 1 aliphatic heterocycles. The van der Waals surface area contributed by atoms with E-state index in [0.717, 1.165) is 17.7 Å². The van der Waals surface area contributed by atoms with E-state index in [2.05, 4.69) is 5.32 Å². The van der Waals surface area contributed by atoms with Crippen LogP contribution in [0.4, 0.5) is 13.6 Å². The molecule has 1 aromatic rings. The summed E-state index contributed by atoms with van der Waals surface area (Å²) in [5, 5.41) is 3.03. The molecular formula is C17H25F2N3O2. The van der Waals surface area contributed by atoms with Gasteiger partial charge in [-0.2, -0.15) is 0 Å². The lowest BCUT2D eigenvalue weighted by Gasteiger charge is -2.35. The fourth-order valence-corrected chi connectivity index (χ4v) is 2.83. The summed E-state index contributed by atoms with van der Waals surface area (Å²) in [6.45, 7) is 3.69. The molecule has 1 fully saturated rings. The Morgan fingerprint density at radius 2 is 1.83 bits per heavy atom. The number of alkyl halides is 2. The number of carbonyl (C=O) groups is 1. The molecule has 24 heavy (non-hydrogen) atoms. The molecule has 0 bridgehead atoms. The van der Waals surface area contributed by atoms with Gasteiger partial charge < -0.3 is 15.0 Å². The Kier molecular flexibility index (Phi) is 6.78. The van der Waals surface area contributed by atoms with Crippen LogP contribution in [0.5, 0.6) is 5.75 Å². The van der Waals surface area contributed by atoms with Gasteiger partial charge in [0.2, 0.25) is 0 Å². The Hall–Kier alpha value is -1.89. The zero-order valence-corrected chi connectivity index (χ0v) is 14.2. The third-order valence-corrected chi connectivity index (χ3v) is 4.28. The molecule has 1 heterocycles. The molecule has 1 atom stereocenters. The maximum Gasteiger partial charge on any atom is 0.317 e. The van der Waals surface area contributed by atoms with Crippen LogP contribution in [0.2, 0.25) is 0 Å². The average Bonchev–Trinajstić information content (AvgIpc) is 2.59. The van der Waals surface area contributed by atoms with Crippen LogP contribution in [0.25, 0.3) is 0 Å². The van der Waals surface area contributed by atoms with Crippen molar-refractivity contribution in [2.24, 2.45) is 0 Å². The Balaban J connectivity index is 1.88. The Morgan fingerprint density at radius 1 is 1.21 bits per heavy atom. The van der Waals surface area contributed by atoms with Crippen LogP contribution in [0, 0.1) is 0 Å². The van der Waals surface area contributed by atoms with E-state index in [1.807, 2.05) is 31.2 Å². The minimum absolute atomic E-state index is 0.0810. The molecular weight excluding hydrogens is 316 g/mol. The van der Waals surface area contributed by atoms with Crippen LogP contribution < -0.4 is 10.1 Å². The number of hydrogen-bond acceptors (Lipinski definition) is 3. The van der Waals surface area contributed by atoms with Crippen molar-refractivity contribution < 1.29 is 18.3 Å². The second-order valence-electron chi connectivity index (χ2n) is 5.86. The molecule has 0 saturated carbocycles. The highest BCUT2D eigenvalue weighted by molar-refractivity contribution is 5.74. The first-order chi connectivity index (χ1) is 11.5. The molecule has 0 unspecified atom stereocenters. The van der Waals surface area contributed by atoms with Crippen molar-refractivity contribution in [3.8, 4) is 5.75 Å². The highest BCUT2D eigenvalue weighted by Gasteiger charge is 2.24. The summed E-state index contributed by atoms with van der Waals surface area (Å²) < 4.78 is 29.9. The first-order valence-electron chi connectivity index (χ1n) is 8.23. The van der Waals surface area contributed by atoms with Crippen molar-refractivity contribution in [3.63, 3.8) is 0 Å². The van der Waals surface area contributed by atoms with E-state index in [1.165, 1.54) is 0 Å². The molecule has 0 radical (unpaired) electrons. The number of nitrogens with one attached hydrogen (secondary N) is 1. The number of methoxy groups -OCH3 is 1. The van der Waals surface area contributed by atoms with E-state index >= 15 is 0 Å². The molecule has 1 aromatic carbocycles. The summed E-state index contributed by atoms with van der Waals surface area (Å²) in [5.41, 5.74) is 1.02. The van der Waals surface area contributed by atoms with Gasteiger partial charge in [0.15, 0.2) is 0 Å². The predicted molar refractivity (Wildman–Crippen MR) is 88.6 cm³/mol. The monoisotopic (exact) mass is 341 g/mol. The van der Waals surface area contributed by atoms with Gasteiger partial charge in [-0.15, -0.1) is 0 Å². The molecule has 1 saturated heterocycles. The fourth-order valence-electron chi connectivity index (χ4n) is 2.83. The molecule has 0 aliphatic carbocycles. The number of piperazine rings is 1. The lowest BCUT2D eigenvalue weighted by Crippen LogP contribution is -2.52. The number of carbonyl (C=O) groups excluding carboxylic acids is 1. The van der Waals surface area contributed by atoms with Gasteiger partial charge in [-0.3, -0.25) is 4.90 Å². The smallest absolute Gasteiger partial charge is 0.317 e. The van der Waals surface area contributed by atoms with Gasteiger partial charge in [-0.25, -0.2) is 13.6 Å². The van der Waals surface area contributed by atoms with Crippen LogP contribution in [-0.4, -0.2) is 62.1 Å². The van der Waals surface area contributed by atoms with Gasteiger partial charge in [0.05, 0.1) is 19.7 Å². The number of halogens is 2. The topological polar surface area (TPSA) is 44.8 Å². The zero-order valence-electron chi connectivity index (χ0n) is 14.2. The Labute approximate surface area is 141 Å². The molecule has 134 valence electrons. The van der Waals surface area contributed by atoms with Gasteiger partial charge in [0, 0.05) is 26.2 Å². The molecule has 1 aliphatic rings. The molecule has 1 N–H and O–H groups in total. The summed E-state index contributed by atoms with van der Waals surface area (Å²) in [7, 11) is 1.61. The van der Waals surface area contributed by atoms with E-state index in [1.54, 1.807) is 16.9 Å². The predicted octanol–water partition coefficient (Wildman–Crippen LogP) is 2.74. The summed E-state index contributed by atoms with van der Waals surface area (Å²) in [6.07, 6.45) is -1.56. The summed E-state index contributed by atoms with van der Waals surface area (Å²) in [6, 6.07) is 7.39. The van der Waals surface area contributed by atoms with E-state index in [0.29, 0.717) is 26.2 Å². The van der Waals surface area contributed by atoms with Crippen LogP contribution in [0.1, 0.15) is 24.9 Å². The Bertz CT molecular complexity index is 517. The van der Waals surface area contributed by atoms with Gasteiger partial charge in [0.25, 0.3) is 6.43 Å². The summed E-state index contributed by atoms with van der Waals surface area (Å²) in [4.78, 5) is 15.8. The van der Waals surface area contributed by atoms with E-state index in [9.17, 15) is 13.6 Å². The van der Waals surface area contributed by atoms with E-state index < -0.39 is 6.43 Å². The van der Waals surface area contributed by atoms with Crippen molar-refractivity contribution in [2.45, 2.75) is 25.8 Å². The number of hydrogen-bond donors (Lipinski definition) is 1. The number of urea groups is 1. The van der Waals surface area contributed by atoms with Gasteiger partial charge in [-0.1, -0.05) is 19.1 Å². The highest BCUT2D eigenvalue weighted by atomic mass is 19.3. The maximum atomic E-state index is 12.4. The average molecular weight is 341 g/mol. The second-order valence-corrected chi connectivity index (χ2v) is 5.86. The maximum absolute atomic E-state index is 12.4. The Morgan fingerprint density at radius 3 is 2.33 bits per heavy atom. The largest absolute Gasteiger partial charge is 0.497 e. The molecule has 5 nitrogen and oxygen atoms in total. The van der Waals surface area contributed by atoms with Crippen molar-refractivity contribution in [2.75, 3.05) is 39.8 Å². The number of ether oxygens (including phenoxy) is 1. The van der Waals surface area contributed by atoms with Gasteiger partial charge in [0.1, 0.15) is 5.75 Å². The lowest BCUT2D eigenvalue weighted by molar-refractivity contribution is 0.0632. The molecule has 2 rings (SSSR count). The minimum Gasteiger partial charge on any atom is -0.497 e. The zero-order chi connectivity index (χ0) is 17.5. The third kappa shape index (κ3) is 5.06. The first-order valence-corrected chi connectivity index (χ1v) is 8.23. The van der Waals surface area contributed by atoms with Crippen LogP contribution in [0.3, 0.4) is 0 Å². The molecule has 0 spiro atoms. The van der Waals surface area contributed by atoms with Crippen LogP contribution in [0.15, 0.2) is 24.3 Å². The summed E-state index contributed by atoms with van der Waals surface area (Å²) >= 11 is 0. The van der Waals surface area contributed by atoms with E-state index in [4.69, 9.17) is 4.74 Å². The second kappa shape index (κ2) is 8.82. The number of amides is 2. The number of rotatable bonds is 6. The van der Waals surface area contributed by atoms with Gasteiger partial charge in [-0.05, 0) is 24.1 Å². The standard InChI is InChI=1S/C17H25F2N3O2/c1-3-15(13-4-6-14(24-2)7-5-13)20-17(23)22-10-8-21(9-11-22)12-16(18)19/h4-7,15-16H,3,8-12H2,1-2H3,(H,20,23)/t15-/m1/s1. The minimum atomic E-state index is -2.33. The normalized spacial score (nSPS) is 17.0. The lowest BCUT2D eigenvalue weighted by atomic mass is 10.0. The summed E-state index contributed by atoms with van der Waals surface area (Å²) in [5.74, 6) is 0.773. The van der Waals surface area contributed by atoms with Gasteiger partial charge >= 0.3 is 6.03 Å². The molecule has 2 amide bonds. The molecule has 7 heteroatoms. The van der Waals surface area contributed by atoms with E-state index in [-0.39, 0.29) is 18.6 Å². The number of nitrogens with zero attached hydrogens (tertiary/aromatic N) is 2. The fraction of sp³-hybridized carbons (Fsp3) is 0.588. The quantitative estimate of drug-likeness (QED) is 0.865. The SMILES string of the molecule is CC[C@@H](NC(=O)N1CCN(CC(F)F)CC1)c1ccc(OC)cc1. The van der Waals surface area contributed by atoms with Crippen LogP contribution in [-0.2, 0) is 0 Å². The van der Waals surface area contributed by atoms with Crippen molar-refractivity contribution in [1.82, 2.24) is 15.1 Å². The first kappa shape index (κ1) is 18.4. The van der Waals surface area contributed by atoms with Crippen molar-refractivity contribution >= 4 is 6.03 Å². The molecule has 0 aromatic heterocycles. The third-order valence-electron chi connectivity index (χ3n) is 4.28. The van der Waals surface area contributed by atoms with Crippen molar-refractivity contribution in [3.05, 3.63) is 29.8 Å².